The number of halogens is 3. The molecular weight excluding hydrogens is 285 g/mol. The largest absolute Gasteiger partial charge is 0.417 e. The van der Waals surface area contributed by atoms with Crippen LogP contribution >= 0.6 is 0 Å². The Morgan fingerprint density at radius 1 is 1.29 bits per heavy atom. The quantitative estimate of drug-likeness (QED) is 0.817. The van der Waals surface area contributed by atoms with Crippen molar-refractivity contribution in [3.8, 4) is 0 Å². The van der Waals surface area contributed by atoms with E-state index in [1.54, 1.807) is 11.8 Å². The summed E-state index contributed by atoms with van der Waals surface area (Å²) in [6, 6.07) is -0.389. The highest BCUT2D eigenvalue weighted by Crippen LogP contribution is 2.38. The van der Waals surface area contributed by atoms with Crippen molar-refractivity contribution in [1.82, 2.24) is 10.2 Å². The van der Waals surface area contributed by atoms with Gasteiger partial charge in [0.15, 0.2) is 5.60 Å². The number of carbonyl (C=O) groups excluding carboxylic acids is 1. The van der Waals surface area contributed by atoms with Gasteiger partial charge in [-0.3, -0.25) is 9.69 Å². The molecule has 1 fully saturated rings. The van der Waals surface area contributed by atoms with Crippen LogP contribution in [0.1, 0.15) is 46.5 Å². The molecule has 1 aliphatic rings. The second-order valence-corrected chi connectivity index (χ2v) is 5.76. The summed E-state index contributed by atoms with van der Waals surface area (Å²) in [6.07, 6.45) is -3.75. The molecule has 124 valence electrons. The first-order valence-electron chi connectivity index (χ1n) is 7.48. The number of piperidine rings is 1. The van der Waals surface area contributed by atoms with Crippen molar-refractivity contribution >= 4 is 5.91 Å². The van der Waals surface area contributed by atoms with Crippen molar-refractivity contribution in [3.05, 3.63) is 0 Å². The number of nitrogens with one attached hydrogen (secondary N) is 1. The van der Waals surface area contributed by atoms with Crippen LogP contribution in [0.4, 0.5) is 13.2 Å². The first-order chi connectivity index (χ1) is 9.64. The molecule has 1 heterocycles. The predicted molar refractivity (Wildman–Crippen MR) is 73.8 cm³/mol. The number of amides is 1. The van der Waals surface area contributed by atoms with Crippen molar-refractivity contribution in [2.75, 3.05) is 13.1 Å². The van der Waals surface area contributed by atoms with Gasteiger partial charge in [0.05, 0.1) is 6.04 Å². The van der Waals surface area contributed by atoms with Gasteiger partial charge in [-0.15, -0.1) is 0 Å². The molecule has 0 aromatic rings. The minimum absolute atomic E-state index is 0.0630. The van der Waals surface area contributed by atoms with Crippen LogP contribution in [0.25, 0.3) is 0 Å². The SMILES string of the molecule is CCC(CC)NC(=O)C(C)N1CCC(O)(C(F)(F)F)CC1. The third-order valence-corrected chi connectivity index (χ3v) is 4.41. The zero-order chi connectivity index (χ0) is 16.3. The van der Waals surface area contributed by atoms with Crippen LogP contribution in [0.2, 0.25) is 0 Å². The van der Waals surface area contributed by atoms with Gasteiger partial charge in [-0.2, -0.15) is 13.2 Å². The van der Waals surface area contributed by atoms with Gasteiger partial charge in [0.2, 0.25) is 5.91 Å². The average molecular weight is 310 g/mol. The fraction of sp³-hybridized carbons (Fsp3) is 0.929. The van der Waals surface area contributed by atoms with Crippen LogP contribution in [0, 0.1) is 0 Å². The number of hydrogen-bond acceptors (Lipinski definition) is 3. The summed E-state index contributed by atoms with van der Waals surface area (Å²) >= 11 is 0. The summed E-state index contributed by atoms with van der Waals surface area (Å²) in [6.45, 7) is 5.77. The number of carbonyl (C=O) groups is 1. The highest BCUT2D eigenvalue weighted by atomic mass is 19.4. The number of rotatable bonds is 5. The summed E-state index contributed by atoms with van der Waals surface area (Å²) in [5.41, 5.74) is -2.62. The Kier molecular flexibility index (Phi) is 6.04. The van der Waals surface area contributed by atoms with Gasteiger partial charge < -0.3 is 10.4 Å². The molecule has 21 heavy (non-hydrogen) atoms. The van der Waals surface area contributed by atoms with Gasteiger partial charge in [0, 0.05) is 19.1 Å². The number of nitrogens with zero attached hydrogens (tertiary/aromatic N) is 1. The lowest BCUT2D eigenvalue weighted by atomic mass is 9.90. The Hall–Kier alpha value is -0.820. The summed E-state index contributed by atoms with van der Waals surface area (Å²) < 4.78 is 38.2. The molecule has 1 unspecified atom stereocenters. The lowest BCUT2D eigenvalue weighted by molar-refractivity contribution is -0.273. The lowest BCUT2D eigenvalue weighted by Crippen LogP contribution is -2.57. The van der Waals surface area contributed by atoms with E-state index in [9.17, 15) is 23.1 Å². The van der Waals surface area contributed by atoms with Crippen LogP contribution < -0.4 is 5.32 Å². The lowest BCUT2D eigenvalue weighted by Gasteiger charge is -2.41. The second-order valence-electron chi connectivity index (χ2n) is 5.76. The van der Waals surface area contributed by atoms with E-state index in [2.05, 4.69) is 5.32 Å². The first kappa shape index (κ1) is 18.2. The van der Waals surface area contributed by atoms with Crippen molar-refractivity contribution in [1.29, 1.82) is 0 Å². The van der Waals surface area contributed by atoms with Gasteiger partial charge in [-0.05, 0) is 32.6 Å². The third kappa shape index (κ3) is 4.32. The van der Waals surface area contributed by atoms with Gasteiger partial charge in [-0.1, -0.05) is 13.8 Å². The van der Waals surface area contributed by atoms with Crippen LogP contribution in [-0.4, -0.2) is 52.9 Å². The van der Waals surface area contributed by atoms with Crippen LogP contribution in [0.5, 0.6) is 0 Å². The van der Waals surface area contributed by atoms with Crippen LogP contribution in [-0.2, 0) is 4.79 Å². The topological polar surface area (TPSA) is 52.6 Å². The zero-order valence-electron chi connectivity index (χ0n) is 12.8. The van der Waals surface area contributed by atoms with E-state index in [0.29, 0.717) is 0 Å². The summed E-state index contributed by atoms with van der Waals surface area (Å²) in [5.74, 6) is -0.166. The number of aliphatic hydroxyl groups is 1. The van der Waals surface area contributed by atoms with E-state index >= 15 is 0 Å². The van der Waals surface area contributed by atoms with E-state index < -0.39 is 17.8 Å². The Morgan fingerprint density at radius 3 is 2.14 bits per heavy atom. The Morgan fingerprint density at radius 2 is 1.76 bits per heavy atom. The van der Waals surface area contributed by atoms with Crippen molar-refractivity contribution < 1.29 is 23.1 Å². The second kappa shape index (κ2) is 6.96. The normalized spacial score (nSPS) is 21.3. The maximum absolute atomic E-state index is 12.7. The van der Waals surface area contributed by atoms with E-state index in [0.717, 1.165) is 12.8 Å². The summed E-state index contributed by atoms with van der Waals surface area (Å²) in [7, 11) is 0. The third-order valence-electron chi connectivity index (χ3n) is 4.41. The summed E-state index contributed by atoms with van der Waals surface area (Å²) in [5, 5.41) is 12.5. The number of hydrogen-bond donors (Lipinski definition) is 2. The van der Waals surface area contributed by atoms with E-state index in [1.807, 2.05) is 13.8 Å². The molecule has 0 radical (unpaired) electrons. The predicted octanol–water partition coefficient (Wildman–Crippen LogP) is 2.07. The zero-order valence-corrected chi connectivity index (χ0v) is 12.8. The summed E-state index contributed by atoms with van der Waals surface area (Å²) in [4.78, 5) is 13.8. The minimum Gasteiger partial charge on any atom is -0.380 e. The fourth-order valence-corrected chi connectivity index (χ4v) is 2.55. The molecule has 4 nitrogen and oxygen atoms in total. The van der Waals surface area contributed by atoms with Crippen LogP contribution in [0.15, 0.2) is 0 Å². The molecule has 1 atom stereocenters. The highest BCUT2D eigenvalue weighted by molar-refractivity contribution is 5.81. The molecule has 0 saturated carbocycles. The molecule has 0 spiro atoms. The standard InChI is InChI=1S/C14H25F3N2O2/c1-4-11(5-2)18-12(20)10(3)19-8-6-13(21,7-9-19)14(15,16)17/h10-11,21H,4-9H2,1-3H3,(H,18,20). The molecule has 0 aromatic carbocycles. The molecule has 0 aliphatic carbocycles. The molecule has 2 N–H and O–H groups in total. The Labute approximate surface area is 123 Å². The van der Waals surface area contributed by atoms with E-state index in [1.165, 1.54) is 0 Å². The molecule has 0 aromatic heterocycles. The van der Waals surface area contributed by atoms with Crippen LogP contribution in [0.3, 0.4) is 0 Å². The molecule has 1 rings (SSSR count). The fourth-order valence-electron chi connectivity index (χ4n) is 2.55. The van der Waals surface area contributed by atoms with E-state index in [4.69, 9.17) is 0 Å². The van der Waals surface area contributed by atoms with Crippen molar-refractivity contribution in [3.63, 3.8) is 0 Å². The average Bonchev–Trinajstić information content (AvgIpc) is 2.43. The molecule has 0 bridgehead atoms. The van der Waals surface area contributed by atoms with Gasteiger partial charge in [0.25, 0.3) is 0 Å². The molecular formula is C14H25F3N2O2. The first-order valence-corrected chi connectivity index (χ1v) is 7.48. The van der Waals surface area contributed by atoms with Crippen molar-refractivity contribution in [2.24, 2.45) is 0 Å². The smallest absolute Gasteiger partial charge is 0.380 e. The molecule has 1 amide bonds. The monoisotopic (exact) mass is 310 g/mol. The van der Waals surface area contributed by atoms with Gasteiger partial charge >= 0.3 is 6.18 Å². The van der Waals surface area contributed by atoms with Gasteiger partial charge in [-0.25, -0.2) is 0 Å². The highest BCUT2D eigenvalue weighted by Gasteiger charge is 2.54. The maximum Gasteiger partial charge on any atom is 0.417 e. The molecule has 1 saturated heterocycles. The van der Waals surface area contributed by atoms with E-state index in [-0.39, 0.29) is 37.9 Å². The van der Waals surface area contributed by atoms with Crippen molar-refractivity contribution in [2.45, 2.75) is 70.3 Å². The Bertz CT molecular complexity index is 349. The molecule has 1 aliphatic heterocycles. The number of likely N-dealkylation sites (tertiary alicyclic amines) is 1. The molecule has 7 heteroatoms. The maximum atomic E-state index is 12.7. The minimum atomic E-state index is -4.61. The number of alkyl halides is 3. The Balaban J connectivity index is 2.56. The van der Waals surface area contributed by atoms with Gasteiger partial charge in [0.1, 0.15) is 0 Å².